The molecule has 2 rings (SSSR count). The number of hydrogen-bond acceptors (Lipinski definition) is 3. The van der Waals surface area contributed by atoms with Crippen molar-refractivity contribution >= 4 is 0 Å². The van der Waals surface area contributed by atoms with Gasteiger partial charge < -0.3 is 5.11 Å². The van der Waals surface area contributed by atoms with E-state index >= 15 is 0 Å². The molecule has 1 aliphatic carbocycles. The molecule has 21 heavy (non-hydrogen) atoms. The van der Waals surface area contributed by atoms with Crippen LogP contribution in [0.3, 0.4) is 0 Å². The van der Waals surface area contributed by atoms with Gasteiger partial charge in [0, 0.05) is 23.8 Å². The van der Waals surface area contributed by atoms with Crippen LogP contribution in [0.1, 0.15) is 56.5 Å². The predicted octanol–water partition coefficient (Wildman–Crippen LogP) is 2.89. The fourth-order valence-corrected chi connectivity index (χ4v) is 3.48. The lowest BCUT2D eigenvalue weighted by Crippen LogP contribution is -2.37. The monoisotopic (exact) mass is 293 g/mol. The summed E-state index contributed by atoms with van der Waals surface area (Å²) in [6.07, 6.45) is 5.24. The first-order valence-corrected chi connectivity index (χ1v) is 8.18. The second-order valence-electron chi connectivity index (χ2n) is 7.41. The van der Waals surface area contributed by atoms with E-state index in [1.807, 2.05) is 4.68 Å². The van der Waals surface area contributed by atoms with E-state index in [4.69, 9.17) is 5.11 Å². The Labute approximate surface area is 129 Å². The highest BCUT2D eigenvalue weighted by Gasteiger charge is 2.29. The van der Waals surface area contributed by atoms with Crippen molar-refractivity contribution in [3.05, 3.63) is 17.0 Å². The SMILES string of the molecule is Cc1nn(CCO)c(C)c1CN(C)C1CCC(C)(C)CC1. The maximum absolute atomic E-state index is 9.11. The summed E-state index contributed by atoms with van der Waals surface area (Å²) in [6, 6.07) is 0.693. The van der Waals surface area contributed by atoms with Gasteiger partial charge in [-0.05, 0) is 52.0 Å². The smallest absolute Gasteiger partial charge is 0.0644 e. The number of rotatable bonds is 5. The first kappa shape index (κ1) is 16.5. The Hall–Kier alpha value is -0.870. The van der Waals surface area contributed by atoms with Gasteiger partial charge in [0.2, 0.25) is 0 Å². The molecule has 0 amide bonds. The molecule has 0 aromatic carbocycles. The molecule has 4 heteroatoms. The second-order valence-corrected chi connectivity index (χ2v) is 7.41. The van der Waals surface area contributed by atoms with Gasteiger partial charge >= 0.3 is 0 Å². The third-order valence-corrected chi connectivity index (χ3v) is 5.18. The van der Waals surface area contributed by atoms with Crippen molar-refractivity contribution < 1.29 is 5.11 Å². The minimum absolute atomic E-state index is 0.148. The maximum atomic E-state index is 9.11. The second kappa shape index (κ2) is 6.49. The van der Waals surface area contributed by atoms with Crippen molar-refractivity contribution in [1.29, 1.82) is 0 Å². The number of aryl methyl sites for hydroxylation is 1. The molecule has 0 aliphatic heterocycles. The van der Waals surface area contributed by atoms with Gasteiger partial charge in [0.15, 0.2) is 0 Å². The number of aromatic nitrogens is 2. The fourth-order valence-electron chi connectivity index (χ4n) is 3.48. The van der Waals surface area contributed by atoms with Gasteiger partial charge in [-0.15, -0.1) is 0 Å². The molecule has 0 radical (unpaired) electrons. The predicted molar refractivity (Wildman–Crippen MR) is 86.3 cm³/mol. The van der Waals surface area contributed by atoms with Crippen molar-refractivity contribution in [2.45, 2.75) is 72.5 Å². The average molecular weight is 293 g/mol. The summed E-state index contributed by atoms with van der Waals surface area (Å²) >= 11 is 0. The largest absolute Gasteiger partial charge is 0.394 e. The van der Waals surface area contributed by atoms with Crippen molar-refractivity contribution in [2.75, 3.05) is 13.7 Å². The zero-order chi connectivity index (χ0) is 15.6. The number of aliphatic hydroxyl groups excluding tert-OH is 1. The van der Waals surface area contributed by atoms with E-state index in [0.29, 0.717) is 18.0 Å². The minimum Gasteiger partial charge on any atom is -0.394 e. The fraction of sp³-hybridized carbons (Fsp3) is 0.824. The lowest BCUT2D eigenvalue weighted by atomic mass is 9.75. The van der Waals surface area contributed by atoms with Gasteiger partial charge in [-0.2, -0.15) is 5.10 Å². The lowest BCUT2D eigenvalue weighted by Gasteiger charge is -2.38. The summed E-state index contributed by atoms with van der Waals surface area (Å²) in [6.45, 7) is 10.7. The zero-order valence-electron chi connectivity index (χ0n) is 14.3. The van der Waals surface area contributed by atoms with Gasteiger partial charge in [0.1, 0.15) is 0 Å². The molecule has 4 nitrogen and oxygen atoms in total. The van der Waals surface area contributed by atoms with E-state index < -0.39 is 0 Å². The Morgan fingerprint density at radius 3 is 2.48 bits per heavy atom. The third-order valence-electron chi connectivity index (χ3n) is 5.18. The summed E-state index contributed by atoms with van der Waals surface area (Å²) in [5.41, 5.74) is 4.15. The molecule has 1 N–H and O–H groups in total. The van der Waals surface area contributed by atoms with Crippen LogP contribution in [-0.2, 0) is 13.1 Å². The van der Waals surface area contributed by atoms with Crippen LogP contribution >= 0.6 is 0 Å². The van der Waals surface area contributed by atoms with E-state index in [1.54, 1.807) is 0 Å². The first-order chi connectivity index (χ1) is 9.84. The quantitative estimate of drug-likeness (QED) is 0.907. The first-order valence-electron chi connectivity index (χ1n) is 8.18. The van der Waals surface area contributed by atoms with E-state index in [0.717, 1.165) is 12.2 Å². The highest BCUT2D eigenvalue weighted by molar-refractivity contribution is 5.24. The van der Waals surface area contributed by atoms with E-state index in [1.165, 1.54) is 36.9 Å². The van der Waals surface area contributed by atoms with Crippen LogP contribution in [0.15, 0.2) is 0 Å². The lowest BCUT2D eigenvalue weighted by molar-refractivity contribution is 0.122. The van der Waals surface area contributed by atoms with Gasteiger partial charge in [0.25, 0.3) is 0 Å². The van der Waals surface area contributed by atoms with Crippen LogP contribution in [0, 0.1) is 19.3 Å². The normalized spacial score (nSPS) is 19.4. The van der Waals surface area contributed by atoms with E-state index in [2.05, 4.69) is 44.7 Å². The molecule has 0 spiro atoms. The van der Waals surface area contributed by atoms with Crippen molar-refractivity contribution in [2.24, 2.45) is 5.41 Å². The molecule has 1 aromatic rings. The molecular weight excluding hydrogens is 262 g/mol. The average Bonchev–Trinajstić information content (AvgIpc) is 2.67. The van der Waals surface area contributed by atoms with Crippen LogP contribution in [-0.4, -0.2) is 39.5 Å². The van der Waals surface area contributed by atoms with Crippen LogP contribution in [0.4, 0.5) is 0 Å². The molecule has 1 aliphatic rings. The topological polar surface area (TPSA) is 41.3 Å². The molecule has 0 atom stereocenters. The Bertz CT molecular complexity index is 469. The Kier molecular flexibility index (Phi) is 5.10. The third kappa shape index (κ3) is 3.86. The highest BCUT2D eigenvalue weighted by atomic mass is 16.3. The van der Waals surface area contributed by atoms with Crippen molar-refractivity contribution in [3.8, 4) is 0 Å². The molecule has 1 saturated carbocycles. The summed E-state index contributed by atoms with van der Waals surface area (Å²) in [5.74, 6) is 0. The van der Waals surface area contributed by atoms with Gasteiger partial charge in [-0.1, -0.05) is 13.8 Å². The van der Waals surface area contributed by atoms with Crippen LogP contribution in [0.25, 0.3) is 0 Å². The Morgan fingerprint density at radius 2 is 1.90 bits per heavy atom. The van der Waals surface area contributed by atoms with Crippen LogP contribution in [0.2, 0.25) is 0 Å². The molecule has 1 aromatic heterocycles. The molecular formula is C17H31N3O. The molecule has 1 fully saturated rings. The highest BCUT2D eigenvalue weighted by Crippen LogP contribution is 2.37. The van der Waals surface area contributed by atoms with E-state index in [9.17, 15) is 0 Å². The Morgan fingerprint density at radius 1 is 1.29 bits per heavy atom. The van der Waals surface area contributed by atoms with Crippen molar-refractivity contribution in [1.82, 2.24) is 14.7 Å². The molecule has 1 heterocycles. The number of hydrogen-bond donors (Lipinski definition) is 1. The summed E-state index contributed by atoms with van der Waals surface area (Å²) in [4.78, 5) is 2.50. The van der Waals surface area contributed by atoms with Crippen LogP contribution < -0.4 is 0 Å². The molecule has 0 unspecified atom stereocenters. The zero-order valence-corrected chi connectivity index (χ0v) is 14.3. The minimum atomic E-state index is 0.148. The maximum Gasteiger partial charge on any atom is 0.0644 e. The van der Waals surface area contributed by atoms with Crippen LogP contribution in [0.5, 0.6) is 0 Å². The Balaban J connectivity index is 2.01. The summed E-state index contributed by atoms with van der Waals surface area (Å²) in [7, 11) is 2.24. The number of aliphatic hydroxyl groups is 1. The van der Waals surface area contributed by atoms with Gasteiger partial charge in [-0.25, -0.2) is 0 Å². The number of nitrogens with zero attached hydrogens (tertiary/aromatic N) is 3. The van der Waals surface area contributed by atoms with Crippen molar-refractivity contribution in [3.63, 3.8) is 0 Å². The molecule has 0 bridgehead atoms. The summed E-state index contributed by atoms with van der Waals surface area (Å²) < 4.78 is 1.93. The summed E-state index contributed by atoms with van der Waals surface area (Å²) in [5, 5.41) is 13.7. The van der Waals surface area contributed by atoms with E-state index in [-0.39, 0.29) is 6.61 Å². The van der Waals surface area contributed by atoms with Gasteiger partial charge in [0.05, 0.1) is 18.8 Å². The molecule has 120 valence electrons. The standard InChI is InChI=1S/C17H31N3O/c1-13-16(14(2)20(18-13)10-11-21)12-19(5)15-6-8-17(3,4)9-7-15/h15,21H,6-12H2,1-5H3. The van der Waals surface area contributed by atoms with Gasteiger partial charge in [-0.3, -0.25) is 9.58 Å². The molecule has 0 saturated heterocycles.